The van der Waals surface area contributed by atoms with Gasteiger partial charge in [-0.2, -0.15) is 0 Å². The van der Waals surface area contributed by atoms with Crippen LogP contribution in [-0.4, -0.2) is 35.9 Å². The Morgan fingerprint density at radius 3 is 2.76 bits per heavy atom. The Balaban J connectivity index is 2.19. The molecule has 1 heterocycles. The van der Waals surface area contributed by atoms with Gasteiger partial charge in [-0.3, -0.25) is 0 Å². The molecule has 1 N–H and O–H groups in total. The van der Waals surface area contributed by atoms with E-state index in [1.807, 2.05) is 6.26 Å². The monoisotopic (exact) mass is 308 g/mol. The average molecular weight is 308 g/mol. The van der Waals surface area contributed by atoms with E-state index in [2.05, 4.69) is 42.2 Å². The van der Waals surface area contributed by atoms with E-state index in [-0.39, 0.29) is 0 Å². The summed E-state index contributed by atoms with van der Waals surface area (Å²) in [4.78, 5) is 11.6. The lowest BCUT2D eigenvalue weighted by Crippen LogP contribution is -2.39. The van der Waals surface area contributed by atoms with Crippen LogP contribution in [0.25, 0.3) is 0 Å². The first kappa shape index (κ1) is 16.4. The van der Waals surface area contributed by atoms with E-state index in [0.29, 0.717) is 6.04 Å². The number of thioether (sulfide) groups is 1. The van der Waals surface area contributed by atoms with Crippen LogP contribution in [0.4, 0.5) is 11.6 Å². The molecule has 1 aliphatic rings. The van der Waals surface area contributed by atoms with Gasteiger partial charge in [0, 0.05) is 25.7 Å². The molecule has 1 aliphatic carbocycles. The van der Waals surface area contributed by atoms with E-state index in [4.69, 9.17) is 4.98 Å². The zero-order valence-corrected chi connectivity index (χ0v) is 14.5. The fraction of sp³-hybridized carbons (Fsp3) is 0.750. The van der Waals surface area contributed by atoms with Crippen LogP contribution in [0.1, 0.15) is 46.0 Å². The minimum absolute atomic E-state index is 0.599. The topological polar surface area (TPSA) is 41.0 Å². The first-order chi connectivity index (χ1) is 10.2. The number of aromatic nitrogens is 2. The first-order valence-corrected chi connectivity index (χ1v) is 9.28. The second-order valence-electron chi connectivity index (χ2n) is 5.96. The van der Waals surface area contributed by atoms with E-state index >= 15 is 0 Å². The van der Waals surface area contributed by atoms with Crippen molar-refractivity contribution in [3.05, 3.63) is 6.07 Å². The summed E-state index contributed by atoms with van der Waals surface area (Å²) in [5.74, 6) is 2.73. The van der Waals surface area contributed by atoms with Gasteiger partial charge in [0.2, 0.25) is 0 Å². The third-order valence-corrected chi connectivity index (χ3v) is 4.90. The molecule has 0 bridgehead atoms. The van der Waals surface area contributed by atoms with Crippen LogP contribution in [0, 0.1) is 5.92 Å². The van der Waals surface area contributed by atoms with Crippen LogP contribution in [0.5, 0.6) is 0 Å². The molecule has 5 heteroatoms. The summed E-state index contributed by atoms with van der Waals surface area (Å²) in [6.45, 7) is 5.49. The molecule has 1 fully saturated rings. The number of nitrogens with one attached hydrogen (secondary N) is 1. The number of nitrogens with zero attached hydrogens (tertiary/aromatic N) is 3. The van der Waals surface area contributed by atoms with Gasteiger partial charge in [0.25, 0.3) is 0 Å². The molecular weight excluding hydrogens is 280 g/mol. The highest BCUT2D eigenvalue weighted by molar-refractivity contribution is 7.98. The van der Waals surface area contributed by atoms with Gasteiger partial charge in [0.05, 0.1) is 0 Å². The Hall–Kier alpha value is -0.970. The molecule has 1 saturated carbocycles. The van der Waals surface area contributed by atoms with Gasteiger partial charge < -0.3 is 10.2 Å². The maximum absolute atomic E-state index is 4.71. The Bertz CT molecular complexity index is 452. The van der Waals surface area contributed by atoms with Gasteiger partial charge in [-0.1, -0.05) is 38.5 Å². The van der Waals surface area contributed by atoms with E-state index in [9.17, 15) is 0 Å². The predicted octanol–water partition coefficient (Wildman–Crippen LogP) is 4.04. The Kier molecular flexibility index (Phi) is 6.15. The minimum atomic E-state index is 0.599. The van der Waals surface area contributed by atoms with E-state index in [1.54, 1.807) is 11.8 Å². The predicted molar refractivity (Wildman–Crippen MR) is 92.4 cm³/mol. The summed E-state index contributed by atoms with van der Waals surface area (Å²) in [6.07, 6.45) is 8.44. The van der Waals surface area contributed by atoms with Crippen LogP contribution in [-0.2, 0) is 0 Å². The van der Waals surface area contributed by atoms with Crippen molar-refractivity contribution in [2.24, 2.45) is 5.92 Å². The minimum Gasteiger partial charge on any atom is -0.370 e. The van der Waals surface area contributed by atoms with Gasteiger partial charge in [-0.05, 0) is 31.4 Å². The van der Waals surface area contributed by atoms with E-state index in [1.165, 1.54) is 25.7 Å². The molecule has 2 atom stereocenters. The number of rotatable bonds is 6. The molecule has 0 spiro atoms. The summed E-state index contributed by atoms with van der Waals surface area (Å²) in [6, 6.07) is 2.69. The summed E-state index contributed by atoms with van der Waals surface area (Å²) in [7, 11) is 2.18. The summed E-state index contributed by atoms with van der Waals surface area (Å²) >= 11 is 1.61. The molecule has 2 rings (SSSR count). The second-order valence-corrected chi connectivity index (χ2v) is 6.74. The van der Waals surface area contributed by atoms with Crippen molar-refractivity contribution in [1.82, 2.24) is 9.97 Å². The van der Waals surface area contributed by atoms with Crippen molar-refractivity contribution in [2.75, 3.05) is 30.1 Å². The normalized spacial score (nSPS) is 22.1. The van der Waals surface area contributed by atoms with Crippen LogP contribution >= 0.6 is 11.8 Å². The molecule has 1 aromatic heterocycles. The van der Waals surface area contributed by atoms with Gasteiger partial charge >= 0.3 is 0 Å². The largest absolute Gasteiger partial charge is 0.370 e. The molecule has 118 valence electrons. The van der Waals surface area contributed by atoms with Crippen LogP contribution < -0.4 is 10.2 Å². The molecule has 1 aromatic rings. The maximum atomic E-state index is 4.71. The van der Waals surface area contributed by atoms with Crippen molar-refractivity contribution in [3.8, 4) is 0 Å². The highest BCUT2D eigenvalue weighted by Crippen LogP contribution is 2.31. The molecule has 0 radical (unpaired) electrons. The van der Waals surface area contributed by atoms with Gasteiger partial charge in [-0.15, -0.1) is 0 Å². The number of hydrogen-bond donors (Lipinski definition) is 1. The van der Waals surface area contributed by atoms with Crippen molar-refractivity contribution in [2.45, 2.75) is 57.1 Å². The lowest BCUT2D eigenvalue weighted by Gasteiger charge is -2.37. The molecule has 21 heavy (non-hydrogen) atoms. The Labute approximate surface area is 133 Å². The highest BCUT2D eigenvalue weighted by Gasteiger charge is 2.26. The van der Waals surface area contributed by atoms with Crippen molar-refractivity contribution < 1.29 is 0 Å². The standard InChI is InChI=1S/C16H28N4S/c1-5-10-17-14-11-15(19-16(18-14)21-4)20(3)13-9-7-6-8-12(13)2/h11-13H,5-10H2,1-4H3,(H,17,18,19). The zero-order chi connectivity index (χ0) is 15.2. The average Bonchev–Trinajstić information content (AvgIpc) is 2.52. The van der Waals surface area contributed by atoms with Gasteiger partial charge in [0.1, 0.15) is 11.6 Å². The molecule has 0 aromatic carbocycles. The summed E-state index contributed by atoms with van der Waals surface area (Å²) < 4.78 is 0. The summed E-state index contributed by atoms with van der Waals surface area (Å²) in [5.41, 5.74) is 0. The SMILES string of the molecule is CCCNc1cc(N(C)C2CCCCC2C)nc(SC)n1. The van der Waals surface area contributed by atoms with Crippen LogP contribution in [0.15, 0.2) is 11.2 Å². The lowest BCUT2D eigenvalue weighted by molar-refractivity contribution is 0.320. The zero-order valence-electron chi connectivity index (χ0n) is 13.7. The number of anilines is 2. The Morgan fingerprint density at radius 1 is 1.33 bits per heavy atom. The molecular formula is C16H28N4S. The molecule has 4 nitrogen and oxygen atoms in total. The van der Waals surface area contributed by atoms with Gasteiger partial charge in [0.15, 0.2) is 5.16 Å². The second kappa shape index (κ2) is 7.87. The summed E-state index contributed by atoms with van der Waals surface area (Å²) in [5, 5.41) is 4.24. The molecule has 0 aliphatic heterocycles. The van der Waals surface area contributed by atoms with E-state index < -0.39 is 0 Å². The smallest absolute Gasteiger partial charge is 0.191 e. The fourth-order valence-electron chi connectivity index (χ4n) is 3.07. The molecule has 0 saturated heterocycles. The van der Waals surface area contributed by atoms with Gasteiger partial charge in [-0.25, -0.2) is 9.97 Å². The van der Waals surface area contributed by atoms with Crippen LogP contribution in [0.2, 0.25) is 0 Å². The quantitative estimate of drug-likeness (QED) is 0.634. The third kappa shape index (κ3) is 4.25. The lowest BCUT2D eigenvalue weighted by atomic mass is 9.85. The third-order valence-electron chi connectivity index (χ3n) is 4.36. The maximum Gasteiger partial charge on any atom is 0.191 e. The fourth-order valence-corrected chi connectivity index (χ4v) is 3.44. The van der Waals surface area contributed by atoms with E-state index in [0.717, 1.165) is 35.7 Å². The number of hydrogen-bond acceptors (Lipinski definition) is 5. The molecule has 2 unspecified atom stereocenters. The Morgan fingerprint density at radius 2 is 2.10 bits per heavy atom. The first-order valence-electron chi connectivity index (χ1n) is 8.05. The van der Waals surface area contributed by atoms with Crippen molar-refractivity contribution >= 4 is 23.4 Å². The highest BCUT2D eigenvalue weighted by atomic mass is 32.2. The van der Waals surface area contributed by atoms with Crippen molar-refractivity contribution in [3.63, 3.8) is 0 Å². The van der Waals surface area contributed by atoms with Crippen molar-refractivity contribution in [1.29, 1.82) is 0 Å². The van der Waals surface area contributed by atoms with Crippen LogP contribution in [0.3, 0.4) is 0 Å². The molecule has 0 amide bonds.